The second kappa shape index (κ2) is 38.1. The Morgan fingerprint density at radius 3 is 1.36 bits per heavy atom. The van der Waals surface area contributed by atoms with E-state index < -0.39 is 31.1 Å². The summed E-state index contributed by atoms with van der Waals surface area (Å²) < 4.78 is 17.8. The van der Waals surface area contributed by atoms with Crippen LogP contribution < -0.4 is 33.0 Å². The Morgan fingerprint density at radius 2 is 0.944 bits per heavy atom. The molecule has 5 rings (SSSR count). The minimum absolute atomic E-state index is 0. The summed E-state index contributed by atoms with van der Waals surface area (Å²) in [6.07, 6.45) is 13.5. The maximum atomic E-state index is 10.3. The Balaban J connectivity index is -0.000000110. The van der Waals surface area contributed by atoms with Crippen LogP contribution in [0, 0.1) is 85.4 Å². The van der Waals surface area contributed by atoms with Crippen molar-refractivity contribution in [1.82, 2.24) is 9.34 Å². The summed E-state index contributed by atoms with van der Waals surface area (Å²) >= 11 is 13.1. The summed E-state index contributed by atoms with van der Waals surface area (Å²) in [7, 11) is -3.85. The minimum atomic E-state index is -1.11. The summed E-state index contributed by atoms with van der Waals surface area (Å²) in [6, 6.07) is 45.5. The van der Waals surface area contributed by atoms with Crippen LogP contribution in [0.4, 0.5) is 0 Å². The molecular weight excluding hydrogens is 1040 g/mol. The number of hydrogen-bond acceptors (Lipinski definition) is 5. The molecule has 0 heterocycles. The van der Waals surface area contributed by atoms with E-state index in [-0.39, 0.29) is 69.8 Å². The molecule has 0 saturated carbocycles. The SMILES string of the molecule is C#CC#CC#CP(CCP(Oc1ccccc1)N(Cc1ccc(C)cc1)C(C)(C)C)Oc1ccccc1.C#CC#CC#CP(Cl)CCP(Cl)N(Cc1ccc(C)cc1)C(C)(C)C.P.P.[HH].[HH].[HH].[HH].[HH].[HH].[HH].[HH].[HH].[HH].[Li+].[O-]c1ccccc1. The number of aryl methyl sites for hydroxylation is 2. The van der Waals surface area contributed by atoms with Crippen molar-refractivity contribution in [3.63, 3.8) is 0 Å². The molecule has 0 aliphatic heterocycles. The van der Waals surface area contributed by atoms with Crippen molar-refractivity contribution < 1.29 is 47.3 Å². The van der Waals surface area contributed by atoms with Gasteiger partial charge < -0.3 is 14.2 Å². The molecule has 0 fully saturated rings. The van der Waals surface area contributed by atoms with Crippen molar-refractivity contribution in [2.45, 2.75) is 79.6 Å². The van der Waals surface area contributed by atoms with Crippen LogP contribution in [-0.4, -0.2) is 45.1 Å². The van der Waals surface area contributed by atoms with E-state index in [0.29, 0.717) is 0 Å². The van der Waals surface area contributed by atoms with Crippen LogP contribution in [0.2, 0.25) is 0 Å². The summed E-state index contributed by atoms with van der Waals surface area (Å²) in [5.74, 6) is 22.2. The third-order valence-electron chi connectivity index (χ3n) is 9.37. The normalized spacial score (nSPS) is 11.6. The molecule has 14 heteroatoms. The molecule has 0 spiro atoms. The predicted molar refractivity (Wildman–Crippen MR) is 344 cm³/mol. The molecule has 0 amide bonds. The van der Waals surface area contributed by atoms with E-state index in [4.69, 9.17) is 44.4 Å². The Kier molecular flexibility index (Phi) is 36.3. The molecule has 0 bridgehead atoms. The smallest absolute Gasteiger partial charge is 0.872 e. The third-order valence-corrected chi connectivity index (χ3v) is 18.4. The minimum Gasteiger partial charge on any atom is -0.872 e. The second-order valence-electron chi connectivity index (χ2n) is 17.1. The van der Waals surface area contributed by atoms with Crippen LogP contribution in [0.1, 0.15) is 78.1 Å². The maximum absolute atomic E-state index is 10.3. The Hall–Kier alpha value is -3.46. The van der Waals surface area contributed by atoms with E-state index in [2.05, 4.69) is 172 Å². The Bertz CT molecular complexity index is 2680. The van der Waals surface area contributed by atoms with Gasteiger partial charge in [-0.1, -0.05) is 149 Å². The van der Waals surface area contributed by atoms with Gasteiger partial charge in [-0.15, -0.1) is 18.6 Å². The quantitative estimate of drug-likeness (QED) is 0.0560. The molecule has 0 saturated heterocycles. The summed E-state index contributed by atoms with van der Waals surface area (Å²) in [5.41, 5.74) is 11.1. The standard InChI is InChI=1S/C32H33NO2P2.C20H23Cl2NP2.C6H6O.Li.2H3P.10H2/c1-6-7-8-15-24-36(34-30-16-11-9-12-17-30)25-26-37(35-31-18-13-10-14-19-31)33(32(3,4)5)27-29-22-20-28(2)21-23-29;1-6-7-8-9-14-24(21)15-16-25(22)23(20(3,4)5)17-19-12-10-18(2)11-13-19;7-6-4-2-1-3-5-6;;;;;;;;;;;;;/h1,9-14,16-23H,25-27H2,2-5H3;1,10-13H,15-17H2,2-5H3;1-5,7H;;2*1H3;10*1H/q;;;+1;;;;;;;;;;;;/p-1. The van der Waals surface area contributed by atoms with Crippen LogP contribution in [0.3, 0.4) is 0 Å². The van der Waals surface area contributed by atoms with Crippen molar-refractivity contribution in [1.29, 1.82) is 0 Å². The van der Waals surface area contributed by atoms with Gasteiger partial charge in [-0.05, 0) is 156 Å². The number of hydrogen-bond donors (Lipinski definition) is 0. The molecule has 5 aromatic carbocycles. The second-order valence-corrected chi connectivity index (χ2v) is 26.0. The molecule has 0 N–H and O–H groups in total. The molecule has 72 heavy (non-hydrogen) atoms. The maximum Gasteiger partial charge on any atom is 1.00 e. The topological polar surface area (TPSA) is 48.0 Å². The van der Waals surface area contributed by atoms with E-state index in [9.17, 15) is 5.11 Å². The van der Waals surface area contributed by atoms with Crippen LogP contribution in [0.5, 0.6) is 17.2 Å². The number of para-hydroxylation sites is 3. The zero-order valence-electron chi connectivity index (χ0n) is 43.3. The fourth-order valence-electron chi connectivity index (χ4n) is 5.83. The number of nitrogens with zero attached hydrogens (tertiary/aromatic N) is 2. The third kappa shape index (κ3) is 29.4. The van der Waals surface area contributed by atoms with Gasteiger partial charge in [0.2, 0.25) is 0 Å². The number of rotatable bonds is 16. The molecule has 0 aliphatic carbocycles. The fourth-order valence-corrected chi connectivity index (χ4v) is 15.0. The monoisotopic (exact) mass is 1120 g/mol. The Labute approximate surface area is 482 Å². The van der Waals surface area contributed by atoms with Crippen LogP contribution in [-0.2, 0) is 13.1 Å². The molecule has 6 unspecified atom stereocenters. The van der Waals surface area contributed by atoms with Gasteiger partial charge in [-0.25, -0.2) is 4.67 Å². The summed E-state index contributed by atoms with van der Waals surface area (Å²) in [5, 5.41) is 10.3. The average molecular weight is 1120 g/mol. The fraction of sp³-hybridized carbons (Fsp3) is 0.276. The summed E-state index contributed by atoms with van der Waals surface area (Å²) in [6.45, 7) is 19.1. The van der Waals surface area contributed by atoms with Gasteiger partial charge in [0.05, 0.1) is 14.7 Å². The van der Waals surface area contributed by atoms with E-state index in [1.807, 2.05) is 66.7 Å². The van der Waals surface area contributed by atoms with Crippen molar-refractivity contribution in [2.24, 2.45) is 0 Å². The van der Waals surface area contributed by atoms with E-state index in [0.717, 1.165) is 49.2 Å². The zero-order chi connectivity index (χ0) is 50.5. The summed E-state index contributed by atoms with van der Waals surface area (Å²) in [4.78, 5) is 0. The molecule has 392 valence electrons. The first-order chi connectivity index (χ1) is 33.0. The Morgan fingerprint density at radius 1 is 0.528 bits per heavy atom. The first kappa shape index (κ1) is 68.5. The number of halogens is 2. The molecule has 6 atom stereocenters. The van der Waals surface area contributed by atoms with Crippen molar-refractivity contribution in [2.75, 3.05) is 24.6 Å². The van der Waals surface area contributed by atoms with Gasteiger partial charge >= 0.3 is 18.9 Å². The van der Waals surface area contributed by atoms with Gasteiger partial charge in [-0.2, -0.15) is 19.8 Å². The van der Waals surface area contributed by atoms with Gasteiger partial charge in [-0.3, -0.25) is 4.67 Å². The average Bonchev–Trinajstić information content (AvgIpc) is 3.32. The van der Waals surface area contributed by atoms with E-state index in [1.54, 1.807) is 12.1 Å². The molecule has 5 aromatic rings. The van der Waals surface area contributed by atoms with Gasteiger partial charge in [0, 0.05) is 56.9 Å². The van der Waals surface area contributed by atoms with E-state index >= 15 is 0 Å². The van der Waals surface area contributed by atoms with Crippen LogP contribution in [0.25, 0.3) is 0 Å². The molecular formula is C58H87Cl2LiN2O3P6. The first-order valence-electron chi connectivity index (χ1n) is 22.2. The molecule has 0 radical (unpaired) electrons. The van der Waals surface area contributed by atoms with Gasteiger partial charge in [0.25, 0.3) is 0 Å². The van der Waals surface area contributed by atoms with Crippen LogP contribution in [0.15, 0.2) is 140 Å². The number of benzene rings is 5. The molecule has 5 nitrogen and oxygen atoms in total. The van der Waals surface area contributed by atoms with Crippen molar-refractivity contribution in [3.8, 4) is 88.8 Å². The zero-order valence-corrected chi connectivity index (χ0v) is 51.2. The molecule has 0 aliphatic rings. The van der Waals surface area contributed by atoms with Gasteiger partial charge in [0.1, 0.15) is 11.5 Å². The first-order valence-corrected chi connectivity index (χ1v) is 29.8. The molecule has 0 aromatic heterocycles. The van der Waals surface area contributed by atoms with Crippen molar-refractivity contribution in [3.05, 3.63) is 162 Å². The largest absolute Gasteiger partial charge is 1.00 e. The van der Waals surface area contributed by atoms with Crippen LogP contribution >= 0.6 is 73.4 Å². The number of terminal acetylenes is 2. The van der Waals surface area contributed by atoms with Crippen molar-refractivity contribution >= 4 is 73.4 Å². The predicted octanol–water partition coefficient (Wildman–Crippen LogP) is 14.8. The van der Waals surface area contributed by atoms with Gasteiger partial charge in [0.15, 0.2) is 16.4 Å². The van der Waals surface area contributed by atoms with E-state index in [1.165, 1.54) is 34.4 Å².